The number of allylic oxidation sites excluding steroid dienone is 8. The Balaban J connectivity index is 2.01. The van der Waals surface area contributed by atoms with Crippen LogP contribution in [0.25, 0.3) is 5.57 Å². The molecule has 2 unspecified atom stereocenters. The quantitative estimate of drug-likeness (QED) is 0.497. The maximum Gasteiger partial charge on any atom is 0.186 e. The van der Waals surface area contributed by atoms with Gasteiger partial charge in [-0.3, -0.25) is 9.59 Å². The zero-order valence-electron chi connectivity index (χ0n) is 20.4. The predicted octanol–water partition coefficient (Wildman–Crippen LogP) is 7.53. The first-order chi connectivity index (χ1) is 15.1. The van der Waals surface area contributed by atoms with E-state index in [9.17, 15) is 9.59 Å². The lowest BCUT2D eigenvalue weighted by molar-refractivity contribution is -0.113. The van der Waals surface area contributed by atoms with E-state index >= 15 is 0 Å². The second kappa shape index (κ2) is 8.14. The molecule has 1 aromatic rings. The van der Waals surface area contributed by atoms with Gasteiger partial charge in [0.15, 0.2) is 11.6 Å². The van der Waals surface area contributed by atoms with Crippen LogP contribution in [0.5, 0.6) is 0 Å². The van der Waals surface area contributed by atoms with Gasteiger partial charge in [0.1, 0.15) is 0 Å². The predicted molar refractivity (Wildman–Crippen MR) is 132 cm³/mol. The number of carbonyl (C=O) groups is 2. The van der Waals surface area contributed by atoms with Gasteiger partial charge in [-0.05, 0) is 46.8 Å². The molecule has 0 saturated heterocycles. The van der Waals surface area contributed by atoms with Crippen LogP contribution in [0.15, 0.2) is 65.3 Å². The van der Waals surface area contributed by atoms with Crippen LogP contribution >= 0.6 is 0 Å². The molecule has 4 rings (SSSR count). The van der Waals surface area contributed by atoms with Crippen molar-refractivity contribution in [3.63, 3.8) is 0 Å². The van der Waals surface area contributed by atoms with E-state index in [0.29, 0.717) is 0 Å². The largest absolute Gasteiger partial charge is 0.294 e. The molecular weight excluding hydrogens is 392 g/mol. The molecular formula is C30H36O2. The smallest absolute Gasteiger partial charge is 0.186 e. The summed E-state index contributed by atoms with van der Waals surface area (Å²) in [4.78, 5) is 27.1. The van der Waals surface area contributed by atoms with Crippen LogP contribution < -0.4 is 0 Å². The summed E-state index contributed by atoms with van der Waals surface area (Å²) in [6.07, 6.45) is 11.8. The first-order valence-corrected chi connectivity index (χ1v) is 12.1. The van der Waals surface area contributed by atoms with Gasteiger partial charge in [0.05, 0.1) is 0 Å². The van der Waals surface area contributed by atoms with E-state index in [4.69, 9.17) is 0 Å². The molecule has 2 atom stereocenters. The normalized spacial score (nSPS) is 25.8. The van der Waals surface area contributed by atoms with Crippen molar-refractivity contribution in [3.05, 3.63) is 76.4 Å². The van der Waals surface area contributed by atoms with E-state index in [-0.39, 0.29) is 34.2 Å². The van der Waals surface area contributed by atoms with Gasteiger partial charge in [0.2, 0.25) is 0 Å². The third-order valence-electron chi connectivity index (χ3n) is 8.40. The summed E-state index contributed by atoms with van der Waals surface area (Å²) in [6.45, 7) is 13.1. The molecule has 3 aliphatic carbocycles. The van der Waals surface area contributed by atoms with E-state index in [1.807, 2.05) is 30.4 Å². The molecule has 0 aliphatic heterocycles. The van der Waals surface area contributed by atoms with Crippen LogP contribution in [0.1, 0.15) is 83.1 Å². The third-order valence-corrected chi connectivity index (χ3v) is 8.40. The minimum atomic E-state index is -0.193. The molecule has 1 aromatic carbocycles. The number of hydrogen-bond acceptors (Lipinski definition) is 2. The molecule has 0 bridgehead atoms. The SMILES string of the molecule is CCC(C)(C)C1=C/C(=C2/CC(C(C)(C)CC)C(=O)c3ccccc32)C2CC=CC=C2C1=O. The second-order valence-electron chi connectivity index (χ2n) is 10.9. The number of fused-ring (bicyclic) bond motifs is 2. The maximum atomic E-state index is 13.5. The van der Waals surface area contributed by atoms with Gasteiger partial charge in [0, 0.05) is 28.5 Å². The summed E-state index contributed by atoms with van der Waals surface area (Å²) in [5.41, 5.74) is 5.94. The van der Waals surface area contributed by atoms with Crippen molar-refractivity contribution in [2.24, 2.45) is 22.7 Å². The Morgan fingerprint density at radius 3 is 2.31 bits per heavy atom. The molecule has 168 valence electrons. The lowest BCUT2D eigenvalue weighted by atomic mass is 9.62. The van der Waals surface area contributed by atoms with Crippen molar-refractivity contribution in [1.29, 1.82) is 0 Å². The van der Waals surface area contributed by atoms with Crippen LogP contribution in [0.4, 0.5) is 0 Å². The van der Waals surface area contributed by atoms with Crippen LogP contribution in [-0.4, -0.2) is 11.6 Å². The van der Waals surface area contributed by atoms with E-state index in [0.717, 1.165) is 48.0 Å². The summed E-state index contributed by atoms with van der Waals surface area (Å²) in [5.74, 6) is 0.484. The molecule has 2 heteroatoms. The highest BCUT2D eigenvalue weighted by Gasteiger charge is 2.43. The van der Waals surface area contributed by atoms with Gasteiger partial charge in [-0.15, -0.1) is 0 Å². The molecule has 0 heterocycles. The lowest BCUT2D eigenvalue weighted by Crippen LogP contribution is -2.35. The molecule has 3 aliphatic rings. The van der Waals surface area contributed by atoms with Crippen molar-refractivity contribution in [2.75, 3.05) is 0 Å². The summed E-state index contributed by atoms with van der Waals surface area (Å²) in [5, 5.41) is 0. The molecule has 32 heavy (non-hydrogen) atoms. The van der Waals surface area contributed by atoms with Gasteiger partial charge < -0.3 is 0 Å². The number of hydrogen-bond donors (Lipinski definition) is 0. The Labute approximate surface area is 193 Å². The number of benzene rings is 1. The fourth-order valence-corrected chi connectivity index (χ4v) is 5.33. The van der Waals surface area contributed by atoms with Crippen molar-refractivity contribution in [2.45, 2.75) is 67.2 Å². The first-order valence-electron chi connectivity index (χ1n) is 12.1. The summed E-state index contributed by atoms with van der Waals surface area (Å²) < 4.78 is 0. The highest BCUT2D eigenvalue weighted by molar-refractivity contribution is 6.13. The number of Topliss-reactive ketones (excluding diaryl/α,β-unsaturated/α-hetero) is 2. The Bertz CT molecular complexity index is 1090. The first kappa shape index (κ1) is 22.7. The van der Waals surface area contributed by atoms with E-state index in [1.165, 1.54) is 11.1 Å². The molecule has 0 amide bonds. The average molecular weight is 429 g/mol. The summed E-state index contributed by atoms with van der Waals surface area (Å²) >= 11 is 0. The van der Waals surface area contributed by atoms with Crippen LogP contribution in [-0.2, 0) is 4.79 Å². The summed E-state index contributed by atoms with van der Waals surface area (Å²) in [6, 6.07) is 8.09. The Kier molecular flexibility index (Phi) is 5.77. The van der Waals surface area contributed by atoms with Crippen LogP contribution in [0, 0.1) is 22.7 Å². The van der Waals surface area contributed by atoms with Gasteiger partial charge in [0.25, 0.3) is 0 Å². The lowest BCUT2D eigenvalue weighted by Gasteiger charge is -2.40. The zero-order valence-corrected chi connectivity index (χ0v) is 20.4. The van der Waals surface area contributed by atoms with Crippen molar-refractivity contribution in [3.8, 4) is 0 Å². The molecule has 0 aromatic heterocycles. The van der Waals surface area contributed by atoms with Crippen molar-refractivity contribution in [1.82, 2.24) is 0 Å². The molecule has 0 spiro atoms. The standard InChI is InChI=1S/C30H36O2/c1-7-29(3,4)25-17-23(19-13-9-11-15-21(19)27(25)31)24-18-26(30(5,6)8-2)28(32)22-16-12-10-14-20(22)24/h9-13,15-16,18,20,25H,7-8,14,17H2,1-6H3/b24-23+. The number of rotatable bonds is 4. The van der Waals surface area contributed by atoms with Gasteiger partial charge in [-0.25, -0.2) is 0 Å². The number of ketones is 2. The zero-order chi connectivity index (χ0) is 23.3. The highest BCUT2D eigenvalue weighted by atomic mass is 16.1. The Morgan fingerprint density at radius 1 is 0.969 bits per heavy atom. The van der Waals surface area contributed by atoms with Crippen molar-refractivity contribution < 1.29 is 9.59 Å². The third kappa shape index (κ3) is 3.58. The van der Waals surface area contributed by atoms with Gasteiger partial charge in [-0.2, -0.15) is 0 Å². The Hall–Kier alpha value is -2.48. The topological polar surface area (TPSA) is 34.1 Å². The molecule has 0 N–H and O–H groups in total. The molecule has 0 saturated carbocycles. The molecule has 2 nitrogen and oxygen atoms in total. The van der Waals surface area contributed by atoms with Crippen LogP contribution in [0.2, 0.25) is 0 Å². The van der Waals surface area contributed by atoms with Crippen molar-refractivity contribution >= 4 is 17.1 Å². The minimum absolute atomic E-state index is 0.0508. The van der Waals surface area contributed by atoms with Crippen LogP contribution in [0.3, 0.4) is 0 Å². The monoisotopic (exact) mass is 428 g/mol. The number of carbonyl (C=O) groups excluding carboxylic acids is 2. The maximum absolute atomic E-state index is 13.5. The molecule has 0 fully saturated rings. The van der Waals surface area contributed by atoms with E-state index in [1.54, 1.807) is 0 Å². The average Bonchev–Trinajstić information content (AvgIpc) is 2.80. The fourth-order valence-electron chi connectivity index (χ4n) is 5.33. The van der Waals surface area contributed by atoms with Gasteiger partial charge in [-0.1, -0.05) is 96.5 Å². The fraction of sp³-hybridized carbons (Fsp3) is 0.467. The minimum Gasteiger partial charge on any atom is -0.294 e. The van der Waals surface area contributed by atoms with Gasteiger partial charge >= 0.3 is 0 Å². The highest BCUT2D eigenvalue weighted by Crippen LogP contribution is 2.50. The van der Waals surface area contributed by atoms with E-state index < -0.39 is 0 Å². The molecule has 0 radical (unpaired) electrons. The Morgan fingerprint density at radius 2 is 1.66 bits per heavy atom. The van der Waals surface area contributed by atoms with E-state index in [2.05, 4.69) is 59.8 Å². The second-order valence-corrected chi connectivity index (χ2v) is 10.9. The summed E-state index contributed by atoms with van der Waals surface area (Å²) in [7, 11) is 0.